The molecule has 1 rings (SSSR count). The number of hydrogen-bond donors (Lipinski definition) is 3. The Hall–Kier alpha value is -0.560. The Kier molecular flexibility index (Phi) is 5.27. The van der Waals surface area contributed by atoms with Gasteiger partial charge in [-0.05, 0) is 24.1 Å². The lowest BCUT2D eigenvalue weighted by Crippen LogP contribution is -2.24. The molecule has 0 amide bonds. The van der Waals surface area contributed by atoms with Crippen LogP contribution in [-0.4, -0.2) is 27.7 Å². The fraction of sp³-hybridized carbons (Fsp3) is 0.400. The normalized spacial score (nSPS) is 14.5. The van der Waals surface area contributed by atoms with Crippen LogP contribution in [0.5, 0.6) is 5.75 Å². The van der Waals surface area contributed by atoms with Gasteiger partial charge in [0.2, 0.25) is 0 Å². The molecule has 0 saturated heterocycles. The molecule has 0 fully saturated rings. The summed E-state index contributed by atoms with van der Waals surface area (Å²) in [5.41, 5.74) is 6.66. The molecule has 0 aliphatic rings. The lowest BCUT2D eigenvalue weighted by molar-refractivity contribution is 0.401. The van der Waals surface area contributed by atoms with E-state index in [9.17, 15) is 4.21 Å². The number of thiol groups is 1. The van der Waals surface area contributed by atoms with E-state index in [2.05, 4.69) is 12.6 Å². The zero-order valence-electron chi connectivity index (χ0n) is 8.92. The molecule has 0 heterocycles. The van der Waals surface area contributed by atoms with Gasteiger partial charge in [0, 0.05) is 11.8 Å². The summed E-state index contributed by atoms with van der Waals surface area (Å²) in [5, 5.41) is 0. The van der Waals surface area contributed by atoms with E-state index in [4.69, 9.17) is 15.0 Å². The van der Waals surface area contributed by atoms with Gasteiger partial charge >= 0.3 is 0 Å². The lowest BCUT2D eigenvalue weighted by Gasteiger charge is -2.11. The van der Waals surface area contributed by atoms with Gasteiger partial charge in [0.1, 0.15) is 10.6 Å². The van der Waals surface area contributed by atoms with Crippen LogP contribution in [0.3, 0.4) is 0 Å². The Morgan fingerprint density at radius 2 is 2.31 bits per heavy atom. The van der Waals surface area contributed by atoms with E-state index < -0.39 is 11.1 Å². The van der Waals surface area contributed by atoms with Crippen molar-refractivity contribution >= 4 is 23.7 Å². The first-order chi connectivity index (χ1) is 7.58. The topological polar surface area (TPSA) is 72.5 Å². The van der Waals surface area contributed by atoms with E-state index in [1.807, 2.05) is 6.07 Å². The number of methoxy groups -OCH3 is 1. The molecule has 0 radical (unpaired) electrons. The molecular weight excluding hydrogens is 246 g/mol. The maximum Gasteiger partial charge on any atom is 0.190 e. The van der Waals surface area contributed by atoms with Crippen LogP contribution in [0.1, 0.15) is 5.56 Å². The fourth-order valence-corrected chi connectivity index (χ4v) is 2.06. The second kappa shape index (κ2) is 6.24. The highest BCUT2D eigenvalue weighted by atomic mass is 32.2. The molecular formula is C10H15NO3S2. The van der Waals surface area contributed by atoms with Crippen LogP contribution in [-0.2, 0) is 17.5 Å². The molecule has 4 nitrogen and oxygen atoms in total. The van der Waals surface area contributed by atoms with E-state index in [1.165, 1.54) is 7.11 Å². The van der Waals surface area contributed by atoms with E-state index in [0.29, 0.717) is 17.9 Å². The van der Waals surface area contributed by atoms with Gasteiger partial charge in [-0.25, -0.2) is 4.21 Å². The SMILES string of the molecule is COc1ccc(CC(N)CS)cc1S(=O)O. The molecule has 3 N–H and O–H groups in total. The second-order valence-electron chi connectivity index (χ2n) is 3.38. The zero-order valence-corrected chi connectivity index (χ0v) is 10.6. The first-order valence-corrected chi connectivity index (χ1v) is 6.46. The van der Waals surface area contributed by atoms with Crippen molar-refractivity contribution in [2.45, 2.75) is 17.4 Å². The lowest BCUT2D eigenvalue weighted by atomic mass is 10.1. The fourth-order valence-electron chi connectivity index (χ4n) is 1.35. The van der Waals surface area contributed by atoms with Crippen LogP contribution < -0.4 is 10.5 Å². The number of benzene rings is 1. The molecule has 0 saturated carbocycles. The average Bonchev–Trinajstić information content (AvgIpc) is 2.28. The first kappa shape index (κ1) is 13.5. The molecule has 6 heteroatoms. The predicted molar refractivity (Wildman–Crippen MR) is 67.6 cm³/mol. The number of nitrogens with two attached hydrogens (primary N) is 1. The molecule has 16 heavy (non-hydrogen) atoms. The summed E-state index contributed by atoms with van der Waals surface area (Å²) in [6.07, 6.45) is 0.623. The molecule has 0 aliphatic carbocycles. The van der Waals surface area contributed by atoms with E-state index >= 15 is 0 Å². The van der Waals surface area contributed by atoms with Crippen molar-refractivity contribution in [3.8, 4) is 5.75 Å². The Bertz CT molecular complexity index is 384. The molecule has 0 spiro atoms. The maximum absolute atomic E-state index is 11.1. The summed E-state index contributed by atoms with van der Waals surface area (Å²) in [6, 6.07) is 5.08. The third kappa shape index (κ3) is 3.48. The number of hydrogen-bond acceptors (Lipinski definition) is 4. The first-order valence-electron chi connectivity index (χ1n) is 4.72. The highest BCUT2D eigenvalue weighted by Crippen LogP contribution is 2.23. The van der Waals surface area contributed by atoms with Gasteiger partial charge in [0.15, 0.2) is 11.1 Å². The van der Waals surface area contributed by atoms with E-state index in [1.54, 1.807) is 12.1 Å². The van der Waals surface area contributed by atoms with Crippen LogP contribution in [0.2, 0.25) is 0 Å². The maximum atomic E-state index is 11.1. The zero-order chi connectivity index (χ0) is 12.1. The van der Waals surface area contributed by atoms with E-state index in [-0.39, 0.29) is 10.9 Å². The number of rotatable bonds is 5. The summed E-state index contributed by atoms with van der Waals surface area (Å²) in [6.45, 7) is 0. The van der Waals surface area contributed by atoms with Crippen molar-refractivity contribution in [1.29, 1.82) is 0 Å². The van der Waals surface area contributed by atoms with Crippen molar-refractivity contribution in [2.75, 3.05) is 12.9 Å². The molecule has 90 valence electrons. The van der Waals surface area contributed by atoms with Crippen LogP contribution in [0.4, 0.5) is 0 Å². The Morgan fingerprint density at radius 3 is 2.81 bits per heavy atom. The molecule has 2 unspecified atom stereocenters. The molecule has 2 atom stereocenters. The Balaban J connectivity index is 2.97. The van der Waals surface area contributed by atoms with Gasteiger partial charge < -0.3 is 15.0 Å². The molecule has 1 aromatic carbocycles. The molecule has 1 aromatic rings. The van der Waals surface area contributed by atoms with Gasteiger partial charge in [0.05, 0.1) is 7.11 Å². The Morgan fingerprint density at radius 1 is 1.62 bits per heavy atom. The van der Waals surface area contributed by atoms with Crippen LogP contribution in [0.25, 0.3) is 0 Å². The van der Waals surface area contributed by atoms with Gasteiger partial charge in [-0.2, -0.15) is 12.6 Å². The van der Waals surface area contributed by atoms with Gasteiger partial charge in [-0.1, -0.05) is 6.07 Å². The summed E-state index contributed by atoms with van der Waals surface area (Å²) in [7, 11) is 1.46. The minimum absolute atomic E-state index is 0.0586. The standard InChI is InChI=1S/C10H15NO3S2/c1-14-9-3-2-7(4-8(11)6-15)5-10(9)16(12)13/h2-3,5,8,15H,4,6,11H2,1H3,(H,12,13). The molecule has 0 aliphatic heterocycles. The second-order valence-corrected chi connectivity index (χ2v) is 4.68. The highest BCUT2D eigenvalue weighted by molar-refractivity contribution is 7.80. The summed E-state index contributed by atoms with van der Waals surface area (Å²) in [4.78, 5) is 0.270. The monoisotopic (exact) mass is 261 g/mol. The van der Waals surface area contributed by atoms with Crippen LogP contribution in [0, 0.1) is 0 Å². The summed E-state index contributed by atoms with van der Waals surface area (Å²) >= 11 is 2.04. The van der Waals surface area contributed by atoms with Crippen molar-refractivity contribution in [2.24, 2.45) is 5.73 Å². The van der Waals surface area contributed by atoms with Crippen LogP contribution in [0.15, 0.2) is 23.1 Å². The van der Waals surface area contributed by atoms with Crippen molar-refractivity contribution in [1.82, 2.24) is 0 Å². The van der Waals surface area contributed by atoms with E-state index in [0.717, 1.165) is 5.56 Å². The Labute approximate surface area is 103 Å². The van der Waals surface area contributed by atoms with Crippen molar-refractivity contribution in [3.63, 3.8) is 0 Å². The predicted octanol–water partition coefficient (Wildman–Crippen LogP) is 1.08. The third-order valence-corrected chi connectivity index (χ3v) is 3.31. The molecule has 0 aromatic heterocycles. The van der Waals surface area contributed by atoms with Gasteiger partial charge in [-0.3, -0.25) is 0 Å². The van der Waals surface area contributed by atoms with Gasteiger partial charge in [0.25, 0.3) is 0 Å². The van der Waals surface area contributed by atoms with Crippen molar-refractivity contribution in [3.05, 3.63) is 23.8 Å². The largest absolute Gasteiger partial charge is 0.495 e. The smallest absolute Gasteiger partial charge is 0.190 e. The summed E-state index contributed by atoms with van der Waals surface area (Å²) in [5.74, 6) is 0.980. The molecule has 0 bridgehead atoms. The van der Waals surface area contributed by atoms with Crippen LogP contribution >= 0.6 is 12.6 Å². The quantitative estimate of drug-likeness (QED) is 0.548. The minimum Gasteiger partial charge on any atom is -0.495 e. The third-order valence-electron chi connectivity index (χ3n) is 2.15. The van der Waals surface area contributed by atoms with Gasteiger partial charge in [-0.15, -0.1) is 0 Å². The number of ether oxygens (including phenoxy) is 1. The minimum atomic E-state index is -2.05. The summed E-state index contributed by atoms with van der Waals surface area (Å²) < 4.78 is 25.2. The highest BCUT2D eigenvalue weighted by Gasteiger charge is 2.11. The average molecular weight is 261 g/mol. The van der Waals surface area contributed by atoms with Crippen molar-refractivity contribution < 1.29 is 13.5 Å².